The van der Waals surface area contributed by atoms with Crippen LogP contribution < -0.4 is 5.32 Å². The number of allylic oxidation sites excluding steroid dienone is 1. The molecule has 2 rings (SSSR count). The third-order valence-corrected chi connectivity index (χ3v) is 3.70. The van der Waals surface area contributed by atoms with E-state index in [4.69, 9.17) is 0 Å². The molecule has 0 saturated carbocycles. The molecule has 1 aliphatic rings. The number of carbonyl (C=O) groups is 2. The van der Waals surface area contributed by atoms with Crippen molar-refractivity contribution in [2.75, 3.05) is 5.32 Å². The van der Waals surface area contributed by atoms with Gasteiger partial charge in [0, 0.05) is 89.1 Å². The number of carbonyl (C=O) groups excluding carboxylic acids is 2. The summed E-state index contributed by atoms with van der Waals surface area (Å²) in [5.41, 5.74) is 1.26. The van der Waals surface area contributed by atoms with Crippen LogP contribution in [0.25, 0.3) is 0 Å². The molecule has 0 bridgehead atoms. The van der Waals surface area contributed by atoms with E-state index in [0.29, 0.717) is 29.6 Å². The predicted molar refractivity (Wildman–Crippen MR) is 77.6 cm³/mol. The number of hydrogen-bond acceptors (Lipinski definition) is 3. The summed E-state index contributed by atoms with van der Waals surface area (Å²) in [5.74, 6) is -1.29. The Kier molecular flexibility index (Phi) is 7.91. The van der Waals surface area contributed by atoms with Gasteiger partial charge in [-0.3, -0.25) is 9.59 Å². The van der Waals surface area contributed by atoms with Gasteiger partial charge in [0.25, 0.3) is 5.91 Å². The molecule has 1 aliphatic carbocycles. The van der Waals surface area contributed by atoms with Crippen LogP contribution in [0.2, 0.25) is 0 Å². The molecule has 0 radical (unpaired) electrons. The fraction of sp³-hybridized carbons (Fsp3) is 0.375. The van der Waals surface area contributed by atoms with Crippen LogP contribution in [0.3, 0.4) is 0 Å². The van der Waals surface area contributed by atoms with E-state index in [2.05, 4.69) is 5.32 Å². The molecule has 0 fully saturated rings. The molecule has 0 spiro atoms. The van der Waals surface area contributed by atoms with Crippen molar-refractivity contribution in [2.24, 2.45) is 0 Å². The third-order valence-electron chi connectivity index (χ3n) is 3.70. The fourth-order valence-electron chi connectivity index (χ4n) is 2.50. The quantitative estimate of drug-likeness (QED) is 0.653. The Morgan fingerprint density at radius 2 is 1.77 bits per heavy atom. The van der Waals surface area contributed by atoms with Crippen molar-refractivity contribution >= 4 is 17.4 Å². The van der Waals surface area contributed by atoms with Crippen LogP contribution in [-0.4, -0.2) is 16.8 Å². The van der Waals surface area contributed by atoms with Gasteiger partial charge in [0.2, 0.25) is 0 Å². The first-order chi connectivity index (χ1) is 9.90. The number of benzene rings is 1. The van der Waals surface area contributed by atoms with E-state index in [-0.39, 0.29) is 89.1 Å². The molecule has 0 atom stereocenters. The number of Topliss-reactive ketones (excluding diaryl/α,β-unsaturated/α-hetero) is 1. The van der Waals surface area contributed by atoms with Crippen LogP contribution in [-0.2, 0) is 9.59 Å². The van der Waals surface area contributed by atoms with E-state index in [9.17, 15) is 19.1 Å². The van der Waals surface area contributed by atoms with Gasteiger partial charge in [-0.2, -0.15) is 0 Å². The molecule has 22 heavy (non-hydrogen) atoms. The number of hydrogen-bond donors (Lipinski definition) is 2. The van der Waals surface area contributed by atoms with Crippen LogP contribution in [0, 0.1) is 84.6 Å². The standard InChI is InChI=1S/C16H18FNO3.Rn/c1-9-7-13(17)14(8-15(9)20)18-16(21)12-6-4-3-5-11(12)10(2)19;/h7-8,20H,3-6H2,1-2H3,(H,18,21);. The van der Waals surface area contributed by atoms with Gasteiger partial charge >= 0.3 is 0 Å². The number of ketones is 1. The molecule has 1 amide bonds. The second-order valence-electron chi connectivity index (χ2n) is 5.29. The van der Waals surface area contributed by atoms with Gasteiger partial charge in [-0.25, -0.2) is 4.39 Å². The predicted octanol–water partition coefficient (Wildman–Crippen LogP) is 3.24. The molecule has 120 valence electrons. The number of aryl methyl sites for hydroxylation is 1. The van der Waals surface area contributed by atoms with Crippen molar-refractivity contribution in [1.29, 1.82) is 0 Å². The molecule has 0 aliphatic heterocycles. The zero-order valence-electron chi connectivity index (χ0n) is 12.5. The fourth-order valence-corrected chi connectivity index (χ4v) is 2.50. The van der Waals surface area contributed by atoms with Gasteiger partial charge in [-0.15, -0.1) is 0 Å². The van der Waals surface area contributed by atoms with Gasteiger partial charge < -0.3 is 10.4 Å². The zero-order chi connectivity index (χ0) is 15.6. The Balaban J connectivity index is 0.00000242. The maximum absolute atomic E-state index is 13.8. The van der Waals surface area contributed by atoms with Crippen LogP contribution >= 0.6 is 0 Å². The van der Waals surface area contributed by atoms with Crippen molar-refractivity contribution in [1.82, 2.24) is 0 Å². The third kappa shape index (κ3) is 4.72. The summed E-state index contributed by atoms with van der Waals surface area (Å²) in [6.45, 7) is 3.01. The first-order valence-electron chi connectivity index (χ1n) is 6.93. The van der Waals surface area contributed by atoms with Gasteiger partial charge in [0.1, 0.15) is 11.6 Å². The van der Waals surface area contributed by atoms with Crippen molar-refractivity contribution in [3.63, 3.8) is 0 Å². The maximum Gasteiger partial charge on any atom is 0.252 e. The average Bonchev–Trinajstić information content (AvgIpc) is 2.44. The van der Waals surface area contributed by atoms with Crippen LogP contribution in [0.1, 0.15) is 38.2 Å². The van der Waals surface area contributed by atoms with Crippen molar-refractivity contribution in [3.8, 4) is 5.75 Å². The molecule has 1 aromatic carbocycles. The molecule has 0 heterocycles. The monoisotopic (exact) mass is 513 g/mol. The number of phenols is 1. The SMILES string of the molecule is CC(=O)C1=C(C(=O)Nc2cc(O)c(C)cc2F)CCCC1.[Rn]. The van der Waals surface area contributed by atoms with E-state index in [1.807, 2.05) is 0 Å². The minimum Gasteiger partial charge on any atom is -0.508 e. The molecule has 1 aromatic rings. The second-order valence-corrected chi connectivity index (χ2v) is 5.29. The number of rotatable bonds is 3. The summed E-state index contributed by atoms with van der Waals surface area (Å²) in [6.07, 6.45) is 2.81. The molecule has 0 saturated heterocycles. The van der Waals surface area contributed by atoms with Crippen LogP contribution in [0.5, 0.6) is 5.75 Å². The number of halogens is 1. The van der Waals surface area contributed by atoms with Gasteiger partial charge in [-0.05, 0) is 51.2 Å². The van der Waals surface area contributed by atoms with Crippen molar-refractivity contribution < 1.29 is 90.9 Å². The Hall–Kier alpha value is -0.0531. The molecule has 0 aromatic heterocycles. The molecular formula is C16H18FNO3Rn. The smallest absolute Gasteiger partial charge is 0.252 e. The van der Waals surface area contributed by atoms with Crippen molar-refractivity contribution in [3.05, 3.63) is 34.7 Å². The Morgan fingerprint density at radius 1 is 1.18 bits per heavy atom. The first-order valence-corrected chi connectivity index (χ1v) is 6.93. The van der Waals surface area contributed by atoms with E-state index in [1.165, 1.54) is 13.0 Å². The molecule has 2 N–H and O–H groups in total. The normalized spacial score (nSPS) is 14.3. The number of anilines is 1. The topological polar surface area (TPSA) is 66.4 Å². The zero-order valence-corrected chi connectivity index (χ0v) is 15.2. The van der Waals surface area contributed by atoms with E-state index >= 15 is 0 Å². The Bertz CT molecular complexity index is 641. The summed E-state index contributed by atoms with van der Waals surface area (Å²) in [7, 11) is 0. The Labute approximate surface area is 190 Å². The summed E-state index contributed by atoms with van der Waals surface area (Å²) < 4.78 is 13.8. The van der Waals surface area contributed by atoms with E-state index in [0.717, 1.165) is 18.9 Å². The number of nitrogens with one attached hydrogen (secondary N) is 1. The molecular weight excluding hydrogens is 495 g/mol. The number of amides is 1. The first kappa shape index (κ1) is 20.0. The van der Waals surface area contributed by atoms with Gasteiger partial charge in [0.05, 0.1) is 5.69 Å². The average molecular weight is 513 g/mol. The summed E-state index contributed by atoms with van der Waals surface area (Å²) in [4.78, 5) is 23.8. The molecule has 6 heteroatoms. The van der Waals surface area contributed by atoms with E-state index in [1.54, 1.807) is 6.92 Å². The van der Waals surface area contributed by atoms with Crippen LogP contribution in [0.15, 0.2) is 23.3 Å². The maximum atomic E-state index is 13.8. The Morgan fingerprint density at radius 3 is 2.36 bits per heavy atom. The summed E-state index contributed by atoms with van der Waals surface area (Å²) in [5, 5.41) is 12.1. The summed E-state index contributed by atoms with van der Waals surface area (Å²) in [6, 6.07) is 2.34. The number of phenolic OH excluding ortho intramolecular Hbond substituents is 1. The van der Waals surface area contributed by atoms with Crippen molar-refractivity contribution in [2.45, 2.75) is 39.5 Å². The minimum atomic E-state index is -0.612. The van der Waals surface area contributed by atoms with Gasteiger partial charge in [0.15, 0.2) is 5.78 Å². The van der Waals surface area contributed by atoms with Crippen LogP contribution in [0.4, 0.5) is 10.1 Å². The molecule has 4 nitrogen and oxygen atoms in total. The molecule has 0 unspecified atom stereocenters. The van der Waals surface area contributed by atoms with Gasteiger partial charge in [-0.1, -0.05) is 0 Å². The number of aromatic hydroxyl groups is 1. The summed E-state index contributed by atoms with van der Waals surface area (Å²) >= 11 is 0. The largest absolute Gasteiger partial charge is 0.508 e. The van der Waals surface area contributed by atoms with E-state index < -0.39 is 11.7 Å². The minimum absolute atomic E-state index is 0. The second kappa shape index (κ2) is 8.70.